The minimum atomic E-state index is -0.946. The molecule has 0 bridgehead atoms. The number of hydrogen-bond acceptors (Lipinski definition) is 3. The molecule has 2 aliphatic heterocycles. The van der Waals surface area contributed by atoms with E-state index >= 15 is 0 Å². The second-order valence-corrected chi connectivity index (χ2v) is 5.52. The van der Waals surface area contributed by atoms with Gasteiger partial charge in [0.15, 0.2) is 0 Å². The van der Waals surface area contributed by atoms with E-state index in [-0.39, 0.29) is 24.7 Å². The van der Waals surface area contributed by atoms with E-state index < -0.39 is 12.0 Å². The third kappa shape index (κ3) is 3.49. The van der Waals surface area contributed by atoms with Crippen molar-refractivity contribution in [2.75, 3.05) is 19.6 Å². The lowest BCUT2D eigenvalue weighted by atomic mass is 10.1. The molecule has 2 amide bonds. The van der Waals surface area contributed by atoms with Crippen LogP contribution in [0.4, 0.5) is 0 Å². The van der Waals surface area contributed by atoms with Crippen LogP contribution in [0.15, 0.2) is 0 Å². The van der Waals surface area contributed by atoms with Gasteiger partial charge in [0, 0.05) is 32.5 Å². The number of carbonyl (C=O) groups excluding carboxylic acids is 2. The summed E-state index contributed by atoms with van der Waals surface area (Å²) in [6.45, 7) is 2.07. The van der Waals surface area contributed by atoms with Crippen molar-refractivity contribution in [1.29, 1.82) is 0 Å². The summed E-state index contributed by atoms with van der Waals surface area (Å²) in [6, 6.07) is -0.701. The average Bonchev–Trinajstić information content (AvgIpc) is 2.95. The van der Waals surface area contributed by atoms with Crippen LogP contribution in [-0.4, -0.2) is 58.4 Å². The number of nitrogens with zero attached hydrogens (tertiary/aromatic N) is 2. The molecule has 0 spiro atoms. The van der Waals surface area contributed by atoms with Crippen LogP contribution in [0.5, 0.6) is 0 Å². The minimum absolute atomic E-state index is 0.0177. The molecule has 1 N–H and O–H groups in total. The van der Waals surface area contributed by atoms with Crippen LogP contribution < -0.4 is 0 Å². The second-order valence-electron chi connectivity index (χ2n) is 5.52. The van der Waals surface area contributed by atoms with Gasteiger partial charge in [0.25, 0.3) is 0 Å². The lowest BCUT2D eigenvalue weighted by Gasteiger charge is -2.27. The van der Waals surface area contributed by atoms with Crippen LogP contribution in [0.2, 0.25) is 0 Å². The molecule has 2 aliphatic rings. The number of carboxylic acid groups (broad SMARTS) is 1. The summed E-state index contributed by atoms with van der Waals surface area (Å²) in [5.74, 6) is -1.14. The third-order valence-electron chi connectivity index (χ3n) is 4.12. The molecule has 0 aromatic carbocycles. The van der Waals surface area contributed by atoms with Crippen LogP contribution in [0.1, 0.15) is 44.9 Å². The quantitative estimate of drug-likeness (QED) is 0.829. The number of likely N-dealkylation sites (tertiary alicyclic amines) is 2. The molecule has 2 heterocycles. The van der Waals surface area contributed by atoms with Gasteiger partial charge in [-0.15, -0.1) is 0 Å². The summed E-state index contributed by atoms with van der Waals surface area (Å²) in [5, 5.41) is 9.04. The van der Waals surface area contributed by atoms with Crippen molar-refractivity contribution in [2.45, 2.75) is 51.0 Å². The Balaban J connectivity index is 1.79. The van der Waals surface area contributed by atoms with Gasteiger partial charge in [0.05, 0.1) is 0 Å². The molecular weight excluding hydrogens is 260 g/mol. The maximum atomic E-state index is 12.0. The molecule has 2 fully saturated rings. The molecule has 0 radical (unpaired) electrons. The SMILES string of the molecule is O=C(O)[C@@H]1CCCN1C(=O)CCC(=O)N1CCCCC1. The molecule has 6 heteroatoms. The average molecular weight is 282 g/mol. The lowest BCUT2D eigenvalue weighted by molar-refractivity contribution is -0.148. The highest BCUT2D eigenvalue weighted by Crippen LogP contribution is 2.19. The van der Waals surface area contributed by atoms with Crippen LogP contribution in [0.25, 0.3) is 0 Å². The number of rotatable bonds is 4. The Kier molecular flexibility index (Phi) is 4.98. The van der Waals surface area contributed by atoms with E-state index in [1.807, 2.05) is 4.90 Å². The Morgan fingerprint density at radius 3 is 2.20 bits per heavy atom. The fourth-order valence-corrected chi connectivity index (χ4v) is 2.98. The van der Waals surface area contributed by atoms with E-state index in [0.717, 1.165) is 38.8 Å². The molecule has 2 saturated heterocycles. The van der Waals surface area contributed by atoms with Crippen LogP contribution in [0.3, 0.4) is 0 Å². The van der Waals surface area contributed by atoms with Crippen molar-refractivity contribution in [3.63, 3.8) is 0 Å². The Bertz CT molecular complexity index is 391. The van der Waals surface area contributed by atoms with Gasteiger partial charge in [-0.3, -0.25) is 9.59 Å². The van der Waals surface area contributed by atoms with E-state index in [0.29, 0.717) is 13.0 Å². The normalized spacial score (nSPS) is 22.9. The fraction of sp³-hybridized carbons (Fsp3) is 0.786. The van der Waals surface area contributed by atoms with E-state index in [1.54, 1.807) is 0 Å². The molecule has 0 unspecified atom stereocenters. The van der Waals surface area contributed by atoms with Crippen molar-refractivity contribution in [1.82, 2.24) is 9.80 Å². The van der Waals surface area contributed by atoms with Gasteiger partial charge in [-0.2, -0.15) is 0 Å². The monoisotopic (exact) mass is 282 g/mol. The highest BCUT2D eigenvalue weighted by Gasteiger charge is 2.33. The van der Waals surface area contributed by atoms with Crippen LogP contribution in [-0.2, 0) is 14.4 Å². The summed E-state index contributed by atoms with van der Waals surface area (Å²) in [4.78, 5) is 38.3. The molecule has 0 aromatic heterocycles. The predicted molar refractivity (Wildman–Crippen MR) is 72.0 cm³/mol. The summed E-state index contributed by atoms with van der Waals surface area (Å²) < 4.78 is 0. The largest absolute Gasteiger partial charge is 0.480 e. The molecular formula is C14H22N2O4. The highest BCUT2D eigenvalue weighted by molar-refractivity contribution is 5.87. The molecule has 112 valence electrons. The molecule has 20 heavy (non-hydrogen) atoms. The lowest BCUT2D eigenvalue weighted by Crippen LogP contribution is -2.41. The number of hydrogen-bond donors (Lipinski definition) is 1. The maximum absolute atomic E-state index is 12.0. The zero-order valence-corrected chi connectivity index (χ0v) is 11.7. The van der Waals surface area contributed by atoms with Crippen molar-refractivity contribution >= 4 is 17.8 Å². The van der Waals surface area contributed by atoms with Crippen LogP contribution >= 0.6 is 0 Å². The van der Waals surface area contributed by atoms with Gasteiger partial charge in [-0.05, 0) is 32.1 Å². The summed E-state index contributed by atoms with van der Waals surface area (Å²) in [6.07, 6.45) is 4.79. The first-order valence-electron chi connectivity index (χ1n) is 7.39. The first-order chi connectivity index (χ1) is 9.59. The first-order valence-corrected chi connectivity index (χ1v) is 7.39. The number of carboxylic acids is 1. The van der Waals surface area contributed by atoms with Crippen LogP contribution in [0, 0.1) is 0 Å². The van der Waals surface area contributed by atoms with Crippen molar-refractivity contribution in [2.24, 2.45) is 0 Å². The Labute approximate surface area is 118 Å². The van der Waals surface area contributed by atoms with Crippen molar-refractivity contribution in [3.05, 3.63) is 0 Å². The summed E-state index contributed by atoms with van der Waals surface area (Å²) >= 11 is 0. The van der Waals surface area contributed by atoms with E-state index in [4.69, 9.17) is 5.11 Å². The van der Waals surface area contributed by atoms with Gasteiger partial charge in [-0.25, -0.2) is 4.79 Å². The summed E-state index contributed by atoms with van der Waals surface area (Å²) in [7, 11) is 0. The van der Waals surface area contributed by atoms with E-state index in [2.05, 4.69) is 0 Å². The first kappa shape index (κ1) is 14.8. The van der Waals surface area contributed by atoms with Gasteiger partial charge in [0.1, 0.15) is 6.04 Å². The van der Waals surface area contributed by atoms with Gasteiger partial charge < -0.3 is 14.9 Å². The zero-order valence-electron chi connectivity index (χ0n) is 11.7. The second kappa shape index (κ2) is 6.72. The number of carbonyl (C=O) groups is 3. The van der Waals surface area contributed by atoms with E-state index in [1.165, 1.54) is 4.90 Å². The molecule has 1 atom stereocenters. The number of piperidine rings is 1. The molecule has 0 saturated carbocycles. The zero-order chi connectivity index (χ0) is 14.5. The molecule has 0 aromatic rings. The maximum Gasteiger partial charge on any atom is 0.326 e. The smallest absolute Gasteiger partial charge is 0.326 e. The Morgan fingerprint density at radius 1 is 0.900 bits per heavy atom. The highest BCUT2D eigenvalue weighted by atomic mass is 16.4. The number of amides is 2. The van der Waals surface area contributed by atoms with Gasteiger partial charge >= 0.3 is 5.97 Å². The fourth-order valence-electron chi connectivity index (χ4n) is 2.98. The van der Waals surface area contributed by atoms with Crippen molar-refractivity contribution in [3.8, 4) is 0 Å². The van der Waals surface area contributed by atoms with Gasteiger partial charge in [0.2, 0.25) is 11.8 Å². The minimum Gasteiger partial charge on any atom is -0.480 e. The molecule has 6 nitrogen and oxygen atoms in total. The van der Waals surface area contributed by atoms with Crippen molar-refractivity contribution < 1.29 is 19.5 Å². The van der Waals surface area contributed by atoms with Gasteiger partial charge in [-0.1, -0.05) is 0 Å². The molecule has 0 aliphatic carbocycles. The Hall–Kier alpha value is -1.59. The van der Waals surface area contributed by atoms with E-state index in [9.17, 15) is 14.4 Å². The number of aliphatic carboxylic acids is 1. The third-order valence-corrected chi connectivity index (χ3v) is 4.12. The summed E-state index contributed by atoms with van der Waals surface area (Å²) in [5.41, 5.74) is 0. The standard InChI is InChI=1S/C14H22N2O4/c17-12(15-8-2-1-3-9-15)6-7-13(18)16-10-4-5-11(16)14(19)20/h11H,1-10H2,(H,19,20)/t11-/m0/s1. The topological polar surface area (TPSA) is 77.9 Å². The predicted octanol–water partition coefficient (Wildman–Crippen LogP) is 0.855. The Morgan fingerprint density at radius 2 is 1.55 bits per heavy atom. The molecule has 2 rings (SSSR count).